The number of sulfonamides is 1. The molecule has 2 rings (SSSR count). The minimum Gasteiger partial charge on any atom is -0.338 e. The number of urea groups is 1. The molecule has 0 aliphatic carbocycles. The normalized spacial score (nSPS) is 16.2. The summed E-state index contributed by atoms with van der Waals surface area (Å²) >= 11 is 0. The van der Waals surface area contributed by atoms with Gasteiger partial charge in [0.05, 0.1) is 4.90 Å². The Kier molecular flexibility index (Phi) is 6.23. The summed E-state index contributed by atoms with van der Waals surface area (Å²) in [7, 11) is -3.51. The molecule has 0 radical (unpaired) electrons. The van der Waals surface area contributed by atoms with Crippen molar-refractivity contribution in [1.82, 2.24) is 14.5 Å². The van der Waals surface area contributed by atoms with E-state index in [2.05, 4.69) is 12.2 Å². The number of aryl methyl sites for hydroxylation is 2. The fraction of sp³-hybridized carbons (Fsp3) is 0.588. The highest BCUT2D eigenvalue weighted by Gasteiger charge is 2.30. The molecule has 1 fully saturated rings. The summed E-state index contributed by atoms with van der Waals surface area (Å²) in [5.74, 6) is 0. The Bertz CT molecular complexity index is 680. The highest BCUT2D eigenvalue weighted by Crippen LogP contribution is 2.22. The number of nitrogens with zero attached hydrogens (tertiary/aromatic N) is 2. The molecule has 1 aliphatic rings. The van der Waals surface area contributed by atoms with E-state index in [0.717, 1.165) is 24.0 Å². The van der Waals surface area contributed by atoms with Crippen molar-refractivity contribution in [3.63, 3.8) is 0 Å². The van der Waals surface area contributed by atoms with Crippen molar-refractivity contribution in [3.8, 4) is 0 Å². The molecular formula is C17H27N3O3S. The van der Waals surface area contributed by atoms with Crippen molar-refractivity contribution in [2.24, 2.45) is 0 Å². The molecule has 0 aromatic heterocycles. The first kappa shape index (κ1) is 18.7. The lowest BCUT2D eigenvalue weighted by atomic mass is 10.2. The number of nitrogens with one attached hydrogen (secondary N) is 1. The predicted octanol–water partition coefficient (Wildman–Crippen LogP) is 2.12. The number of unbranched alkanes of at least 4 members (excludes halogenated alkanes) is 1. The quantitative estimate of drug-likeness (QED) is 0.825. The average molecular weight is 353 g/mol. The summed E-state index contributed by atoms with van der Waals surface area (Å²) in [6.07, 6.45) is 1.98. The van der Waals surface area contributed by atoms with Crippen molar-refractivity contribution in [1.29, 1.82) is 0 Å². The van der Waals surface area contributed by atoms with Crippen LogP contribution >= 0.6 is 0 Å². The molecule has 0 atom stereocenters. The van der Waals surface area contributed by atoms with Crippen molar-refractivity contribution in [2.45, 2.75) is 38.5 Å². The molecule has 1 aromatic carbocycles. The number of benzene rings is 1. The second-order valence-electron chi connectivity index (χ2n) is 6.25. The maximum absolute atomic E-state index is 12.9. The van der Waals surface area contributed by atoms with Gasteiger partial charge in [0.1, 0.15) is 0 Å². The first-order chi connectivity index (χ1) is 11.4. The molecule has 1 saturated heterocycles. The number of hydrogen-bond donors (Lipinski definition) is 1. The SMILES string of the molecule is CCCCNC(=O)N1CCN(S(=O)(=O)c2cc(C)ccc2C)CC1. The van der Waals surface area contributed by atoms with Gasteiger partial charge >= 0.3 is 6.03 Å². The lowest BCUT2D eigenvalue weighted by molar-refractivity contribution is 0.172. The van der Waals surface area contributed by atoms with Crippen LogP contribution in [-0.2, 0) is 10.0 Å². The molecule has 2 amide bonds. The third kappa shape index (κ3) is 4.27. The molecule has 0 unspecified atom stereocenters. The summed E-state index contributed by atoms with van der Waals surface area (Å²) in [4.78, 5) is 14.1. The molecular weight excluding hydrogens is 326 g/mol. The third-order valence-electron chi connectivity index (χ3n) is 4.29. The predicted molar refractivity (Wildman–Crippen MR) is 94.6 cm³/mol. The van der Waals surface area contributed by atoms with Gasteiger partial charge in [-0.1, -0.05) is 25.5 Å². The van der Waals surface area contributed by atoms with Crippen molar-refractivity contribution < 1.29 is 13.2 Å². The van der Waals surface area contributed by atoms with Crippen molar-refractivity contribution in [2.75, 3.05) is 32.7 Å². The highest BCUT2D eigenvalue weighted by molar-refractivity contribution is 7.89. The van der Waals surface area contributed by atoms with Gasteiger partial charge in [-0.2, -0.15) is 4.31 Å². The topological polar surface area (TPSA) is 69.7 Å². The summed E-state index contributed by atoms with van der Waals surface area (Å²) in [6.45, 7) is 7.93. The summed E-state index contributed by atoms with van der Waals surface area (Å²) < 4.78 is 27.2. The lowest BCUT2D eigenvalue weighted by Gasteiger charge is -2.34. The maximum atomic E-state index is 12.9. The molecule has 1 aromatic rings. The van der Waals surface area contributed by atoms with Gasteiger partial charge in [0.15, 0.2) is 0 Å². The van der Waals surface area contributed by atoms with Crippen LogP contribution in [0.4, 0.5) is 4.79 Å². The van der Waals surface area contributed by atoms with Crippen LogP contribution in [0.1, 0.15) is 30.9 Å². The van der Waals surface area contributed by atoms with Crippen LogP contribution in [0.3, 0.4) is 0 Å². The Morgan fingerprint density at radius 1 is 1.17 bits per heavy atom. The van der Waals surface area contributed by atoms with Gasteiger partial charge in [-0.15, -0.1) is 0 Å². The molecule has 24 heavy (non-hydrogen) atoms. The number of amides is 2. The third-order valence-corrected chi connectivity index (χ3v) is 6.33. The van der Waals surface area contributed by atoms with Crippen LogP contribution in [0.2, 0.25) is 0 Å². The minimum atomic E-state index is -3.51. The Labute approximate surface area is 144 Å². The van der Waals surface area contributed by atoms with Crippen molar-refractivity contribution in [3.05, 3.63) is 29.3 Å². The second-order valence-corrected chi connectivity index (χ2v) is 8.15. The second kappa shape index (κ2) is 7.98. The average Bonchev–Trinajstić information content (AvgIpc) is 2.57. The first-order valence-corrected chi connectivity index (χ1v) is 9.90. The van der Waals surface area contributed by atoms with E-state index >= 15 is 0 Å². The Morgan fingerprint density at radius 3 is 2.46 bits per heavy atom. The molecule has 134 valence electrons. The minimum absolute atomic E-state index is 0.104. The van der Waals surface area contributed by atoms with E-state index in [1.165, 1.54) is 4.31 Å². The number of piperazine rings is 1. The zero-order valence-corrected chi connectivity index (χ0v) is 15.5. The van der Waals surface area contributed by atoms with E-state index in [4.69, 9.17) is 0 Å². The number of rotatable bonds is 5. The number of hydrogen-bond acceptors (Lipinski definition) is 3. The van der Waals surface area contributed by atoms with Gasteiger partial charge in [-0.25, -0.2) is 13.2 Å². The zero-order chi connectivity index (χ0) is 17.7. The standard InChI is InChI=1S/C17H27N3O3S/c1-4-5-8-18-17(21)19-9-11-20(12-10-19)24(22,23)16-13-14(2)6-7-15(16)3/h6-7,13H,4-5,8-12H2,1-3H3,(H,18,21). The van der Waals surface area contributed by atoms with Crippen LogP contribution in [0, 0.1) is 13.8 Å². The fourth-order valence-corrected chi connectivity index (χ4v) is 4.47. The van der Waals surface area contributed by atoms with E-state index in [1.807, 2.05) is 26.0 Å². The van der Waals surface area contributed by atoms with Crippen molar-refractivity contribution >= 4 is 16.1 Å². The van der Waals surface area contributed by atoms with Crippen LogP contribution < -0.4 is 5.32 Å². The van der Waals surface area contributed by atoms with Gasteiger partial charge in [-0.3, -0.25) is 0 Å². The molecule has 0 bridgehead atoms. The molecule has 7 heteroatoms. The summed E-state index contributed by atoms with van der Waals surface area (Å²) in [6, 6.07) is 5.35. The Balaban J connectivity index is 2.01. The number of carbonyl (C=O) groups is 1. The van der Waals surface area contributed by atoms with E-state index < -0.39 is 10.0 Å². The molecule has 0 spiro atoms. The van der Waals surface area contributed by atoms with Gasteiger partial charge in [0.25, 0.3) is 0 Å². The zero-order valence-electron chi connectivity index (χ0n) is 14.7. The molecule has 1 N–H and O–H groups in total. The van der Waals surface area contributed by atoms with Gasteiger partial charge in [0.2, 0.25) is 10.0 Å². The van der Waals surface area contributed by atoms with E-state index in [9.17, 15) is 13.2 Å². The van der Waals surface area contributed by atoms with Crippen LogP contribution in [0.25, 0.3) is 0 Å². The lowest BCUT2D eigenvalue weighted by Crippen LogP contribution is -2.53. The number of carbonyl (C=O) groups excluding carboxylic acids is 1. The van der Waals surface area contributed by atoms with Gasteiger partial charge < -0.3 is 10.2 Å². The van der Waals surface area contributed by atoms with E-state index in [-0.39, 0.29) is 6.03 Å². The molecule has 1 heterocycles. The van der Waals surface area contributed by atoms with Crippen LogP contribution in [0.15, 0.2) is 23.1 Å². The largest absolute Gasteiger partial charge is 0.338 e. The van der Waals surface area contributed by atoms with Gasteiger partial charge in [0, 0.05) is 32.7 Å². The summed E-state index contributed by atoms with van der Waals surface area (Å²) in [5, 5.41) is 2.87. The van der Waals surface area contributed by atoms with Gasteiger partial charge in [-0.05, 0) is 37.5 Å². The summed E-state index contributed by atoms with van der Waals surface area (Å²) in [5.41, 5.74) is 1.67. The van der Waals surface area contributed by atoms with E-state index in [0.29, 0.717) is 37.6 Å². The Hall–Kier alpha value is -1.60. The van der Waals surface area contributed by atoms with E-state index in [1.54, 1.807) is 11.0 Å². The fourth-order valence-electron chi connectivity index (χ4n) is 2.74. The molecule has 6 nitrogen and oxygen atoms in total. The molecule has 1 aliphatic heterocycles. The monoisotopic (exact) mass is 353 g/mol. The van der Waals surface area contributed by atoms with Crippen LogP contribution in [-0.4, -0.2) is 56.4 Å². The highest BCUT2D eigenvalue weighted by atomic mass is 32.2. The molecule has 0 saturated carbocycles. The first-order valence-electron chi connectivity index (χ1n) is 8.46. The van der Waals surface area contributed by atoms with Crippen LogP contribution in [0.5, 0.6) is 0 Å². The maximum Gasteiger partial charge on any atom is 0.317 e. The smallest absolute Gasteiger partial charge is 0.317 e. The Morgan fingerprint density at radius 2 is 1.83 bits per heavy atom.